The fourth-order valence-corrected chi connectivity index (χ4v) is 2.79. The van der Waals surface area contributed by atoms with Gasteiger partial charge in [0.15, 0.2) is 0 Å². The summed E-state index contributed by atoms with van der Waals surface area (Å²) in [6.07, 6.45) is -0.706. The van der Waals surface area contributed by atoms with Gasteiger partial charge in [-0.1, -0.05) is 53.7 Å². The second-order valence-corrected chi connectivity index (χ2v) is 6.90. The molecule has 0 saturated heterocycles. The summed E-state index contributed by atoms with van der Waals surface area (Å²) in [7, 11) is 0. The van der Waals surface area contributed by atoms with Crippen molar-refractivity contribution in [2.75, 3.05) is 19.8 Å². The molecule has 0 heterocycles. The summed E-state index contributed by atoms with van der Waals surface area (Å²) >= 11 is 0. The van der Waals surface area contributed by atoms with Crippen molar-refractivity contribution >= 4 is 5.71 Å². The summed E-state index contributed by atoms with van der Waals surface area (Å²) in [5.41, 5.74) is 4.73. The molecule has 0 radical (unpaired) electrons. The number of hydrogen-bond donors (Lipinski definition) is 3. The number of fused-ring (bicyclic) bond motifs is 3. The third-order valence-electron chi connectivity index (χ3n) is 4.29. The van der Waals surface area contributed by atoms with E-state index in [9.17, 15) is 10.2 Å². The molecular formula is C20H24N2O3. The largest absolute Gasteiger partial charge is 0.394 e. The molecule has 1 aliphatic carbocycles. The van der Waals surface area contributed by atoms with Gasteiger partial charge in [0, 0.05) is 23.2 Å². The molecule has 0 aliphatic heterocycles. The van der Waals surface area contributed by atoms with Crippen molar-refractivity contribution in [3.8, 4) is 11.1 Å². The lowest BCUT2D eigenvalue weighted by Crippen LogP contribution is -2.46. The molecule has 25 heavy (non-hydrogen) atoms. The average Bonchev–Trinajstić information content (AvgIpc) is 2.95. The predicted octanol–water partition coefficient (Wildman–Crippen LogP) is 2.16. The van der Waals surface area contributed by atoms with Crippen molar-refractivity contribution in [1.29, 1.82) is 0 Å². The van der Waals surface area contributed by atoms with Crippen molar-refractivity contribution in [3.05, 3.63) is 59.7 Å². The number of nitrogens with zero attached hydrogens (tertiary/aromatic N) is 1. The number of benzene rings is 2. The lowest BCUT2D eigenvalue weighted by atomic mass is 10.1. The molecule has 3 rings (SSSR count). The first kappa shape index (κ1) is 17.6. The molecule has 5 heteroatoms. The third-order valence-corrected chi connectivity index (χ3v) is 4.29. The second kappa shape index (κ2) is 7.35. The monoisotopic (exact) mass is 340 g/mol. The van der Waals surface area contributed by atoms with Gasteiger partial charge < -0.3 is 20.4 Å². The molecule has 5 nitrogen and oxygen atoms in total. The molecule has 0 aromatic heterocycles. The Hall–Kier alpha value is -2.21. The van der Waals surface area contributed by atoms with Crippen molar-refractivity contribution in [2.45, 2.75) is 25.5 Å². The SMILES string of the molecule is CC(C)(CO)NCC(O)CON=C1c2ccccc2-c2ccccc21. The molecule has 2 aromatic carbocycles. The summed E-state index contributed by atoms with van der Waals surface area (Å²) in [6, 6.07) is 16.2. The van der Waals surface area contributed by atoms with Crippen LogP contribution in [-0.4, -0.2) is 47.3 Å². The van der Waals surface area contributed by atoms with Crippen LogP contribution in [0.25, 0.3) is 11.1 Å². The van der Waals surface area contributed by atoms with E-state index < -0.39 is 11.6 Å². The summed E-state index contributed by atoms with van der Waals surface area (Å²) in [5, 5.41) is 26.6. The number of rotatable bonds is 7. The quantitative estimate of drug-likeness (QED) is 0.576. The fraction of sp³-hybridized carbons (Fsp3) is 0.350. The van der Waals surface area contributed by atoms with E-state index in [4.69, 9.17) is 4.84 Å². The molecule has 132 valence electrons. The Morgan fingerprint density at radius 1 is 1.00 bits per heavy atom. The Balaban J connectivity index is 1.68. The van der Waals surface area contributed by atoms with E-state index in [1.807, 2.05) is 50.2 Å². The van der Waals surface area contributed by atoms with Crippen molar-refractivity contribution in [1.82, 2.24) is 5.32 Å². The third kappa shape index (κ3) is 3.90. The molecule has 1 atom stereocenters. The van der Waals surface area contributed by atoms with Crippen molar-refractivity contribution < 1.29 is 15.1 Å². The van der Waals surface area contributed by atoms with E-state index in [-0.39, 0.29) is 13.2 Å². The lowest BCUT2D eigenvalue weighted by Gasteiger charge is -2.24. The zero-order valence-corrected chi connectivity index (χ0v) is 14.6. The van der Waals surface area contributed by atoms with E-state index in [0.29, 0.717) is 6.54 Å². The van der Waals surface area contributed by atoms with Crippen LogP contribution in [0.15, 0.2) is 53.7 Å². The minimum Gasteiger partial charge on any atom is -0.394 e. The maximum Gasteiger partial charge on any atom is 0.144 e. The maximum absolute atomic E-state index is 10.0. The fourth-order valence-electron chi connectivity index (χ4n) is 2.79. The minimum atomic E-state index is -0.706. The van der Waals surface area contributed by atoms with Gasteiger partial charge in [0.1, 0.15) is 18.4 Å². The number of aliphatic hydroxyl groups is 2. The molecule has 0 amide bonds. The molecule has 1 aliphatic rings. The smallest absolute Gasteiger partial charge is 0.144 e. The molecule has 0 bridgehead atoms. The highest BCUT2D eigenvalue weighted by Crippen LogP contribution is 2.36. The highest BCUT2D eigenvalue weighted by Gasteiger charge is 2.24. The van der Waals surface area contributed by atoms with E-state index in [1.165, 1.54) is 0 Å². The zero-order chi connectivity index (χ0) is 17.9. The van der Waals surface area contributed by atoms with Crippen LogP contribution in [0.1, 0.15) is 25.0 Å². The van der Waals surface area contributed by atoms with E-state index >= 15 is 0 Å². The molecule has 3 N–H and O–H groups in total. The topological polar surface area (TPSA) is 74.1 Å². The van der Waals surface area contributed by atoms with Gasteiger partial charge in [-0.2, -0.15) is 0 Å². The van der Waals surface area contributed by atoms with Gasteiger partial charge in [0.25, 0.3) is 0 Å². The Bertz CT molecular complexity index is 724. The standard InChI is InChI=1S/C20H24N2O3/c1-20(2,13-23)21-11-14(24)12-25-22-19-17-9-5-3-7-15(17)16-8-4-6-10-18(16)19/h3-10,14,21,23-24H,11-13H2,1-2H3. The Morgan fingerprint density at radius 3 is 2.04 bits per heavy atom. The van der Waals surface area contributed by atoms with Crippen LogP contribution in [0.5, 0.6) is 0 Å². The number of oxime groups is 1. The molecule has 0 fully saturated rings. The Morgan fingerprint density at radius 2 is 1.52 bits per heavy atom. The Kier molecular flexibility index (Phi) is 5.18. The van der Waals surface area contributed by atoms with Gasteiger partial charge in [-0.3, -0.25) is 0 Å². The highest BCUT2D eigenvalue weighted by molar-refractivity contribution is 6.24. The lowest BCUT2D eigenvalue weighted by molar-refractivity contribution is 0.0343. The number of nitrogens with one attached hydrogen (secondary N) is 1. The van der Waals surface area contributed by atoms with Crippen molar-refractivity contribution in [3.63, 3.8) is 0 Å². The van der Waals surface area contributed by atoms with Gasteiger partial charge in [0.2, 0.25) is 0 Å². The van der Waals surface area contributed by atoms with Crippen LogP contribution in [-0.2, 0) is 4.84 Å². The highest BCUT2D eigenvalue weighted by atomic mass is 16.6. The number of β-amino-alcohol motifs (C(OH)–C–C–N with tert-alkyl or cyclic N) is 1. The normalized spacial score (nSPS) is 14.0. The molecule has 0 spiro atoms. The van der Waals surface area contributed by atoms with Crippen LogP contribution >= 0.6 is 0 Å². The van der Waals surface area contributed by atoms with Gasteiger partial charge in [-0.05, 0) is 25.0 Å². The summed E-state index contributed by atoms with van der Waals surface area (Å²) in [6.45, 7) is 4.14. The minimum absolute atomic E-state index is 0.00353. The van der Waals surface area contributed by atoms with Crippen LogP contribution in [0.4, 0.5) is 0 Å². The predicted molar refractivity (Wildman–Crippen MR) is 98.6 cm³/mol. The van der Waals surface area contributed by atoms with Crippen LogP contribution in [0, 0.1) is 0 Å². The van der Waals surface area contributed by atoms with Gasteiger partial charge >= 0.3 is 0 Å². The molecule has 2 aromatic rings. The molecule has 0 saturated carbocycles. The summed E-state index contributed by atoms with van der Waals surface area (Å²) < 4.78 is 0. The zero-order valence-electron chi connectivity index (χ0n) is 14.6. The maximum atomic E-state index is 10.0. The van der Waals surface area contributed by atoms with Gasteiger partial charge in [-0.25, -0.2) is 0 Å². The van der Waals surface area contributed by atoms with Gasteiger partial charge in [0.05, 0.1) is 6.61 Å². The summed E-state index contributed by atoms with van der Waals surface area (Å²) in [4.78, 5) is 5.43. The Labute approximate surface area is 148 Å². The molecular weight excluding hydrogens is 316 g/mol. The number of hydrogen-bond acceptors (Lipinski definition) is 5. The van der Waals surface area contributed by atoms with E-state index in [1.54, 1.807) is 0 Å². The first-order valence-corrected chi connectivity index (χ1v) is 8.45. The molecule has 1 unspecified atom stereocenters. The van der Waals surface area contributed by atoms with Crippen molar-refractivity contribution in [2.24, 2.45) is 5.16 Å². The number of aliphatic hydroxyl groups excluding tert-OH is 2. The van der Waals surface area contributed by atoms with E-state index in [2.05, 4.69) is 22.6 Å². The van der Waals surface area contributed by atoms with Crippen LogP contribution < -0.4 is 5.32 Å². The van der Waals surface area contributed by atoms with Crippen LogP contribution in [0.3, 0.4) is 0 Å². The summed E-state index contributed by atoms with van der Waals surface area (Å²) in [5.74, 6) is 0. The first-order chi connectivity index (χ1) is 12.0. The first-order valence-electron chi connectivity index (χ1n) is 8.45. The second-order valence-electron chi connectivity index (χ2n) is 6.90. The van der Waals surface area contributed by atoms with E-state index in [0.717, 1.165) is 28.0 Å². The van der Waals surface area contributed by atoms with Gasteiger partial charge in [-0.15, -0.1) is 0 Å². The average molecular weight is 340 g/mol. The van der Waals surface area contributed by atoms with Crippen LogP contribution in [0.2, 0.25) is 0 Å².